The van der Waals surface area contributed by atoms with Crippen LogP contribution in [-0.4, -0.2) is 22.0 Å². The van der Waals surface area contributed by atoms with Gasteiger partial charge in [0, 0.05) is 16.9 Å². The molecule has 174 valence electrons. The topological polar surface area (TPSA) is 63.3 Å². The van der Waals surface area contributed by atoms with Gasteiger partial charge in [0.2, 0.25) is 0 Å². The zero-order valence-electron chi connectivity index (χ0n) is 19.5. The summed E-state index contributed by atoms with van der Waals surface area (Å²) in [5, 5.41) is 13.6. The first-order valence-corrected chi connectivity index (χ1v) is 12.7. The number of hydrogen-bond donors (Lipinski definition) is 1. The number of hydrogen-bond acceptors (Lipinski definition) is 4. The fourth-order valence-corrected chi connectivity index (χ4v) is 5.14. The Morgan fingerprint density at radius 2 is 1.56 bits per heavy atom. The molecule has 0 saturated carbocycles. The van der Waals surface area contributed by atoms with Gasteiger partial charge in [-0.3, -0.25) is 4.79 Å². The number of aromatic nitrogens is 1. The Kier molecular flexibility index (Phi) is 7.86. The molecule has 1 aromatic heterocycles. The van der Waals surface area contributed by atoms with Gasteiger partial charge in [-0.1, -0.05) is 90.9 Å². The van der Waals surface area contributed by atoms with E-state index in [1.165, 1.54) is 5.56 Å². The van der Waals surface area contributed by atoms with Crippen LogP contribution in [0.4, 0.5) is 0 Å². The predicted octanol–water partition coefficient (Wildman–Crippen LogP) is 7.37. The Balaban J connectivity index is 1.43. The van der Waals surface area contributed by atoms with Crippen LogP contribution in [0.15, 0.2) is 83.4 Å². The molecule has 5 heteroatoms. The second-order valence-corrected chi connectivity index (χ2v) is 9.47. The molecule has 0 aliphatic carbocycles. The van der Waals surface area contributed by atoms with Crippen LogP contribution in [0.25, 0.3) is 22.5 Å². The smallest absolute Gasteiger partial charge is 0.310 e. The van der Waals surface area contributed by atoms with Crippen molar-refractivity contribution in [3.63, 3.8) is 0 Å². The maximum absolute atomic E-state index is 11.4. The first-order chi connectivity index (χ1) is 16.6. The van der Waals surface area contributed by atoms with E-state index in [-0.39, 0.29) is 0 Å². The number of aliphatic carboxylic acids is 1. The molecule has 0 spiro atoms. The van der Waals surface area contributed by atoms with Crippen molar-refractivity contribution >= 4 is 17.7 Å². The minimum atomic E-state index is -0.781. The van der Waals surface area contributed by atoms with Crippen molar-refractivity contribution in [3.8, 4) is 22.5 Å². The van der Waals surface area contributed by atoms with Crippen LogP contribution in [0, 0.1) is 6.92 Å². The van der Waals surface area contributed by atoms with Crippen LogP contribution >= 0.6 is 11.8 Å². The van der Waals surface area contributed by atoms with E-state index in [0.717, 1.165) is 57.2 Å². The fraction of sp³-hybridized carbons (Fsp3) is 0.241. The summed E-state index contributed by atoms with van der Waals surface area (Å²) in [5.74, 6) is 1.50. The van der Waals surface area contributed by atoms with Crippen molar-refractivity contribution in [1.29, 1.82) is 0 Å². The Labute approximate surface area is 205 Å². The van der Waals surface area contributed by atoms with Crippen molar-refractivity contribution < 1.29 is 14.4 Å². The van der Waals surface area contributed by atoms with Crippen LogP contribution < -0.4 is 0 Å². The highest BCUT2D eigenvalue weighted by atomic mass is 32.2. The number of rotatable bonds is 10. The molecule has 3 aromatic carbocycles. The number of carboxylic acids is 1. The second-order valence-electron chi connectivity index (χ2n) is 8.36. The average molecular weight is 472 g/mol. The fourth-order valence-electron chi connectivity index (χ4n) is 4.07. The summed E-state index contributed by atoms with van der Waals surface area (Å²) in [5.41, 5.74) is 7.42. The van der Waals surface area contributed by atoms with E-state index in [0.29, 0.717) is 6.42 Å². The van der Waals surface area contributed by atoms with Gasteiger partial charge in [0.15, 0.2) is 5.76 Å². The zero-order chi connectivity index (χ0) is 23.9. The quantitative estimate of drug-likeness (QED) is 0.245. The van der Waals surface area contributed by atoms with E-state index in [9.17, 15) is 9.90 Å². The Morgan fingerprint density at radius 3 is 2.18 bits per heavy atom. The van der Waals surface area contributed by atoms with Gasteiger partial charge in [-0.25, -0.2) is 0 Å². The summed E-state index contributed by atoms with van der Waals surface area (Å²) in [6, 6.07) is 26.6. The molecule has 1 atom stereocenters. The number of nitrogens with zero attached hydrogens (tertiary/aromatic N) is 1. The molecular formula is C29H29NO3S. The van der Waals surface area contributed by atoms with E-state index < -0.39 is 11.9 Å². The Bertz CT molecular complexity index is 1210. The average Bonchev–Trinajstić information content (AvgIpc) is 3.23. The van der Waals surface area contributed by atoms with Gasteiger partial charge in [-0.05, 0) is 47.8 Å². The van der Waals surface area contributed by atoms with E-state index in [1.54, 1.807) is 0 Å². The lowest BCUT2D eigenvalue weighted by Gasteiger charge is -2.11. The zero-order valence-corrected chi connectivity index (χ0v) is 20.3. The number of carboxylic acid groups (broad SMARTS) is 1. The lowest BCUT2D eigenvalue weighted by Crippen LogP contribution is -2.10. The van der Waals surface area contributed by atoms with Crippen molar-refractivity contribution in [2.24, 2.45) is 0 Å². The molecule has 34 heavy (non-hydrogen) atoms. The van der Waals surface area contributed by atoms with Gasteiger partial charge in [0.1, 0.15) is 0 Å². The van der Waals surface area contributed by atoms with E-state index in [4.69, 9.17) is 4.52 Å². The van der Waals surface area contributed by atoms with Crippen molar-refractivity contribution in [2.75, 3.05) is 5.75 Å². The maximum atomic E-state index is 11.4. The van der Waals surface area contributed by atoms with Crippen LogP contribution in [-0.2, 0) is 17.0 Å². The SMILES string of the molecule is CCC(C(=O)O)c1ccc(-c2ccc(-c3onc(C)c3CSCCc3ccccc3)cc2)cc1. The third-order valence-corrected chi connectivity index (χ3v) is 7.09. The molecule has 1 heterocycles. The summed E-state index contributed by atoms with van der Waals surface area (Å²) < 4.78 is 5.70. The summed E-state index contributed by atoms with van der Waals surface area (Å²) in [7, 11) is 0. The summed E-state index contributed by atoms with van der Waals surface area (Å²) in [6.45, 7) is 3.89. The number of aryl methyl sites for hydroxylation is 2. The van der Waals surface area contributed by atoms with Crippen molar-refractivity contribution in [2.45, 2.75) is 38.4 Å². The van der Waals surface area contributed by atoms with Gasteiger partial charge in [-0.2, -0.15) is 11.8 Å². The summed E-state index contributed by atoms with van der Waals surface area (Å²) >= 11 is 1.89. The Hall–Kier alpha value is -3.31. The molecule has 0 amide bonds. The lowest BCUT2D eigenvalue weighted by atomic mass is 9.94. The first kappa shape index (κ1) is 23.8. The first-order valence-electron chi connectivity index (χ1n) is 11.6. The molecule has 4 rings (SSSR count). The summed E-state index contributed by atoms with van der Waals surface area (Å²) in [6.07, 6.45) is 1.62. The third-order valence-electron chi connectivity index (χ3n) is 6.11. The molecule has 0 fully saturated rings. The molecule has 1 N–H and O–H groups in total. The largest absolute Gasteiger partial charge is 0.481 e. The molecule has 0 aliphatic heterocycles. The molecule has 4 nitrogen and oxygen atoms in total. The van der Waals surface area contributed by atoms with E-state index in [2.05, 4.69) is 53.7 Å². The maximum Gasteiger partial charge on any atom is 0.310 e. The monoisotopic (exact) mass is 471 g/mol. The van der Waals surface area contributed by atoms with Crippen LogP contribution in [0.5, 0.6) is 0 Å². The molecule has 0 radical (unpaired) electrons. The van der Waals surface area contributed by atoms with E-state index in [1.807, 2.05) is 55.9 Å². The highest BCUT2D eigenvalue weighted by Crippen LogP contribution is 2.32. The second kappa shape index (κ2) is 11.2. The van der Waals surface area contributed by atoms with Gasteiger partial charge in [-0.15, -0.1) is 0 Å². The van der Waals surface area contributed by atoms with Gasteiger partial charge in [0.05, 0.1) is 11.6 Å². The molecular weight excluding hydrogens is 442 g/mol. The highest BCUT2D eigenvalue weighted by Gasteiger charge is 2.18. The molecule has 0 bridgehead atoms. The van der Waals surface area contributed by atoms with Crippen molar-refractivity contribution in [1.82, 2.24) is 5.16 Å². The van der Waals surface area contributed by atoms with Crippen LogP contribution in [0.3, 0.4) is 0 Å². The van der Waals surface area contributed by atoms with Gasteiger partial charge < -0.3 is 9.63 Å². The van der Waals surface area contributed by atoms with Gasteiger partial charge >= 0.3 is 5.97 Å². The van der Waals surface area contributed by atoms with Crippen molar-refractivity contribution in [3.05, 3.63) is 101 Å². The lowest BCUT2D eigenvalue weighted by molar-refractivity contribution is -0.138. The normalized spacial score (nSPS) is 11.9. The number of benzene rings is 3. The van der Waals surface area contributed by atoms with Crippen LogP contribution in [0.1, 0.15) is 41.6 Å². The van der Waals surface area contributed by atoms with Crippen LogP contribution in [0.2, 0.25) is 0 Å². The molecule has 0 saturated heterocycles. The number of thioether (sulfide) groups is 1. The standard InChI is InChI=1S/C29H29NO3S/c1-3-26(29(31)32)24-13-9-22(10-14-24)23-11-15-25(16-12-23)28-27(20(2)30-33-28)19-34-18-17-21-7-5-4-6-8-21/h4-16,26H,3,17-19H2,1-2H3,(H,31,32). The minimum Gasteiger partial charge on any atom is -0.481 e. The minimum absolute atomic E-state index is 0.463. The highest BCUT2D eigenvalue weighted by molar-refractivity contribution is 7.98. The predicted molar refractivity (Wildman–Crippen MR) is 139 cm³/mol. The molecule has 0 aliphatic rings. The summed E-state index contributed by atoms with van der Waals surface area (Å²) in [4.78, 5) is 11.4. The third kappa shape index (κ3) is 5.60. The number of carbonyl (C=O) groups is 1. The van der Waals surface area contributed by atoms with E-state index >= 15 is 0 Å². The molecule has 4 aromatic rings. The Morgan fingerprint density at radius 1 is 0.941 bits per heavy atom. The molecule has 1 unspecified atom stereocenters. The van der Waals surface area contributed by atoms with Gasteiger partial charge in [0.25, 0.3) is 0 Å².